The molecule has 0 unspecified atom stereocenters. The van der Waals surface area contributed by atoms with Gasteiger partial charge in [0.2, 0.25) is 10.0 Å². The van der Waals surface area contributed by atoms with Crippen LogP contribution in [0.2, 0.25) is 0 Å². The Morgan fingerprint density at radius 3 is 2.45 bits per heavy atom. The predicted octanol–water partition coefficient (Wildman–Crippen LogP) is 1.43. The monoisotopic (exact) mass is 298 g/mol. The van der Waals surface area contributed by atoms with E-state index in [-0.39, 0.29) is 10.5 Å². The molecule has 0 heterocycles. The molecule has 110 valence electrons. The summed E-state index contributed by atoms with van der Waals surface area (Å²) in [4.78, 5) is 12.9. The minimum absolute atomic E-state index is 0.0976. The van der Waals surface area contributed by atoms with E-state index in [0.29, 0.717) is 18.8 Å². The zero-order valence-corrected chi connectivity index (χ0v) is 12.3. The molecule has 0 fully saturated rings. The van der Waals surface area contributed by atoms with Gasteiger partial charge in [-0.15, -0.1) is 0 Å². The number of likely N-dealkylation sites (N-methyl/N-ethyl adjacent to an activating group) is 1. The van der Waals surface area contributed by atoms with E-state index in [0.717, 1.165) is 11.6 Å². The average molecular weight is 298 g/mol. The van der Waals surface area contributed by atoms with Crippen LogP contribution < -0.4 is 10.0 Å². The maximum atomic E-state index is 11.3. The highest BCUT2D eigenvalue weighted by molar-refractivity contribution is 7.89. The molecule has 0 amide bonds. The molecule has 0 aliphatic carbocycles. The molecular formula is C13H18N2O4S. The number of carboxylic acid groups (broad SMARTS) is 1. The molecule has 0 saturated heterocycles. The summed E-state index contributed by atoms with van der Waals surface area (Å²) in [5.74, 6) is -1.20. The Bertz CT molecular complexity index is 638. The van der Waals surface area contributed by atoms with Crippen LogP contribution in [0, 0.1) is 0 Å². The molecule has 7 heteroatoms. The van der Waals surface area contributed by atoms with Crippen molar-refractivity contribution in [3.63, 3.8) is 0 Å². The van der Waals surface area contributed by atoms with Gasteiger partial charge < -0.3 is 10.0 Å². The highest BCUT2D eigenvalue weighted by Crippen LogP contribution is 2.24. The van der Waals surface area contributed by atoms with Crippen molar-refractivity contribution in [1.82, 2.24) is 0 Å². The maximum absolute atomic E-state index is 11.3. The second-order valence-corrected chi connectivity index (χ2v) is 6.06. The van der Waals surface area contributed by atoms with E-state index in [9.17, 15) is 18.3 Å². The van der Waals surface area contributed by atoms with Crippen LogP contribution in [-0.2, 0) is 10.0 Å². The van der Waals surface area contributed by atoms with Crippen molar-refractivity contribution in [3.05, 3.63) is 35.9 Å². The van der Waals surface area contributed by atoms with Gasteiger partial charge in [0.25, 0.3) is 0 Å². The summed E-state index contributed by atoms with van der Waals surface area (Å²) < 4.78 is 22.6. The molecule has 0 spiro atoms. The van der Waals surface area contributed by atoms with E-state index in [1.807, 2.05) is 13.8 Å². The first-order valence-corrected chi connectivity index (χ1v) is 7.51. The minimum Gasteiger partial charge on any atom is -0.478 e. The van der Waals surface area contributed by atoms with Gasteiger partial charge in [0, 0.05) is 13.1 Å². The van der Waals surface area contributed by atoms with E-state index in [1.165, 1.54) is 12.1 Å². The van der Waals surface area contributed by atoms with Crippen LogP contribution in [-0.4, -0.2) is 32.6 Å². The van der Waals surface area contributed by atoms with Gasteiger partial charge in [-0.2, -0.15) is 0 Å². The Labute approximate surface area is 118 Å². The van der Waals surface area contributed by atoms with Crippen molar-refractivity contribution in [2.75, 3.05) is 18.0 Å². The van der Waals surface area contributed by atoms with Crippen molar-refractivity contribution in [3.8, 4) is 0 Å². The van der Waals surface area contributed by atoms with Crippen LogP contribution in [0.1, 0.15) is 24.2 Å². The van der Waals surface area contributed by atoms with Gasteiger partial charge >= 0.3 is 5.97 Å². The molecule has 1 aromatic rings. The van der Waals surface area contributed by atoms with E-state index in [1.54, 1.807) is 4.90 Å². The van der Waals surface area contributed by atoms with Crippen molar-refractivity contribution in [2.45, 2.75) is 18.7 Å². The van der Waals surface area contributed by atoms with Crippen LogP contribution in [0.5, 0.6) is 0 Å². The highest BCUT2D eigenvalue weighted by atomic mass is 32.2. The number of nitrogens with zero attached hydrogens (tertiary/aromatic N) is 1. The topological polar surface area (TPSA) is 101 Å². The number of carbonyl (C=O) groups is 1. The van der Waals surface area contributed by atoms with Gasteiger partial charge in [-0.05, 0) is 32.0 Å². The van der Waals surface area contributed by atoms with E-state index in [4.69, 9.17) is 5.14 Å². The molecule has 0 saturated carbocycles. The van der Waals surface area contributed by atoms with Gasteiger partial charge in [-0.1, -0.05) is 12.2 Å². The van der Waals surface area contributed by atoms with Crippen LogP contribution in [0.15, 0.2) is 35.2 Å². The lowest BCUT2D eigenvalue weighted by Gasteiger charge is -2.25. The molecule has 0 aromatic heterocycles. The lowest BCUT2D eigenvalue weighted by molar-refractivity contribution is 0.0697. The lowest BCUT2D eigenvalue weighted by atomic mass is 10.1. The number of primary sulfonamides is 1. The molecule has 0 atom stereocenters. The second kappa shape index (κ2) is 6.06. The first-order valence-electron chi connectivity index (χ1n) is 5.96. The van der Waals surface area contributed by atoms with Crippen molar-refractivity contribution in [1.29, 1.82) is 0 Å². The van der Waals surface area contributed by atoms with Crippen molar-refractivity contribution in [2.24, 2.45) is 5.14 Å². The zero-order valence-electron chi connectivity index (χ0n) is 11.5. The van der Waals surface area contributed by atoms with Crippen LogP contribution in [0.25, 0.3) is 0 Å². The normalized spacial score (nSPS) is 11.2. The summed E-state index contributed by atoms with van der Waals surface area (Å²) in [7, 11) is -3.93. The molecular weight excluding hydrogens is 280 g/mol. The molecule has 6 nitrogen and oxygen atoms in total. The number of sulfonamides is 1. The first-order chi connectivity index (χ1) is 9.16. The highest BCUT2D eigenvalue weighted by Gasteiger charge is 2.19. The Kier molecular flexibility index (Phi) is 4.91. The Morgan fingerprint density at radius 1 is 1.45 bits per heavy atom. The summed E-state index contributed by atoms with van der Waals surface area (Å²) in [5.41, 5.74) is 1.22. The number of anilines is 1. The summed E-state index contributed by atoms with van der Waals surface area (Å²) in [6.45, 7) is 8.57. The fourth-order valence-electron chi connectivity index (χ4n) is 1.83. The van der Waals surface area contributed by atoms with Crippen molar-refractivity contribution < 1.29 is 18.3 Å². The molecule has 0 radical (unpaired) electrons. The fraction of sp³-hybridized carbons (Fsp3) is 0.308. The molecule has 0 aliphatic heterocycles. The van der Waals surface area contributed by atoms with Crippen LogP contribution >= 0.6 is 0 Å². The van der Waals surface area contributed by atoms with Crippen molar-refractivity contribution >= 4 is 21.7 Å². The summed E-state index contributed by atoms with van der Waals surface area (Å²) in [5, 5.41) is 14.3. The van der Waals surface area contributed by atoms with E-state index < -0.39 is 16.0 Å². The SMILES string of the molecule is C=C(C)CN(CC)c1ccc(S(N)(=O)=O)cc1C(=O)O. The number of carboxylic acids is 1. The third-order valence-corrected chi connectivity index (χ3v) is 3.62. The molecule has 20 heavy (non-hydrogen) atoms. The standard InChI is InChI=1S/C13H18N2O4S/c1-4-15(8-9(2)3)12-6-5-10(20(14,18)19)7-11(12)13(16)17/h5-7H,2,4,8H2,1,3H3,(H,16,17)(H2,14,18,19). The predicted molar refractivity (Wildman–Crippen MR) is 77.5 cm³/mol. The summed E-state index contributed by atoms with van der Waals surface area (Å²) in [6, 6.07) is 3.84. The second-order valence-electron chi connectivity index (χ2n) is 4.50. The summed E-state index contributed by atoms with van der Waals surface area (Å²) in [6.07, 6.45) is 0. The molecule has 1 aromatic carbocycles. The molecule has 0 bridgehead atoms. The van der Waals surface area contributed by atoms with Crippen LogP contribution in [0.4, 0.5) is 5.69 Å². The van der Waals surface area contributed by atoms with Gasteiger partial charge in [-0.25, -0.2) is 18.4 Å². The van der Waals surface area contributed by atoms with Gasteiger partial charge in [-0.3, -0.25) is 0 Å². The lowest BCUT2D eigenvalue weighted by Crippen LogP contribution is -2.26. The molecule has 1 rings (SSSR count). The minimum atomic E-state index is -3.93. The smallest absolute Gasteiger partial charge is 0.337 e. The maximum Gasteiger partial charge on any atom is 0.337 e. The molecule has 0 aliphatic rings. The Morgan fingerprint density at radius 2 is 2.05 bits per heavy atom. The van der Waals surface area contributed by atoms with E-state index >= 15 is 0 Å². The Balaban J connectivity index is 3.40. The summed E-state index contributed by atoms with van der Waals surface area (Å²) >= 11 is 0. The quantitative estimate of drug-likeness (QED) is 0.774. The number of aromatic carboxylic acids is 1. The van der Waals surface area contributed by atoms with Gasteiger partial charge in [0.1, 0.15) is 0 Å². The van der Waals surface area contributed by atoms with Gasteiger partial charge in [0.05, 0.1) is 16.1 Å². The van der Waals surface area contributed by atoms with Crippen LogP contribution in [0.3, 0.4) is 0 Å². The average Bonchev–Trinajstić information content (AvgIpc) is 2.33. The van der Waals surface area contributed by atoms with E-state index in [2.05, 4.69) is 6.58 Å². The number of hydrogen-bond donors (Lipinski definition) is 2. The first kappa shape index (κ1) is 16.2. The Hall–Kier alpha value is -1.86. The third kappa shape index (κ3) is 3.82. The third-order valence-electron chi connectivity index (χ3n) is 2.71. The molecule has 3 N–H and O–H groups in total. The number of nitrogens with two attached hydrogens (primary N) is 1. The number of rotatable bonds is 6. The van der Waals surface area contributed by atoms with Gasteiger partial charge in [0.15, 0.2) is 0 Å². The fourth-order valence-corrected chi connectivity index (χ4v) is 2.37. The number of benzene rings is 1. The zero-order chi connectivity index (χ0) is 15.5. The number of hydrogen-bond acceptors (Lipinski definition) is 4. The largest absolute Gasteiger partial charge is 0.478 e.